The minimum atomic E-state index is -3.74. The molecule has 8 heteroatoms. The second-order valence-electron chi connectivity index (χ2n) is 8.08. The average molecular weight is 429 g/mol. The van der Waals surface area contributed by atoms with Crippen molar-refractivity contribution in [3.8, 4) is 0 Å². The maximum absolute atomic E-state index is 13.1. The molecule has 2 aliphatic rings. The Hall–Kier alpha value is -1.15. The Bertz CT molecular complexity index is 814. The van der Waals surface area contributed by atoms with E-state index in [1.165, 1.54) is 22.5 Å². The van der Waals surface area contributed by atoms with Crippen LogP contribution in [0.1, 0.15) is 55.8 Å². The number of hydrogen-bond acceptors (Lipinski definition) is 4. The van der Waals surface area contributed by atoms with Gasteiger partial charge in [0.25, 0.3) is 5.91 Å². The summed E-state index contributed by atoms with van der Waals surface area (Å²) in [6.45, 7) is 3.36. The van der Waals surface area contributed by atoms with E-state index in [9.17, 15) is 18.3 Å². The summed E-state index contributed by atoms with van der Waals surface area (Å²) in [5, 5.41) is 13.0. The molecule has 1 saturated heterocycles. The van der Waals surface area contributed by atoms with Crippen molar-refractivity contribution in [2.75, 3.05) is 19.6 Å². The zero-order chi connectivity index (χ0) is 20.3. The summed E-state index contributed by atoms with van der Waals surface area (Å²) in [5.74, 6) is -0.00311. The lowest BCUT2D eigenvalue weighted by atomic mass is 9.86. The molecule has 6 nitrogen and oxygen atoms in total. The van der Waals surface area contributed by atoms with E-state index in [4.69, 9.17) is 11.6 Å². The van der Waals surface area contributed by atoms with E-state index in [0.29, 0.717) is 25.6 Å². The molecule has 1 aromatic carbocycles. The number of aliphatic hydroxyl groups excluding tert-OH is 1. The smallest absolute Gasteiger partial charge is 0.251 e. The quantitative estimate of drug-likeness (QED) is 0.754. The van der Waals surface area contributed by atoms with Gasteiger partial charge in [-0.2, -0.15) is 4.31 Å². The molecule has 3 atom stereocenters. The Labute approximate surface area is 172 Å². The average Bonchev–Trinajstić information content (AvgIpc) is 2.67. The largest absolute Gasteiger partial charge is 0.393 e. The standard InChI is InChI=1S/C20H29ClN2O4S/c1-14-5-4-10-23(13-14)28(26,27)19-11-15(8-9-17(19)21)20(25)22-12-16-6-2-3-7-18(16)24/h8-9,11,14,16,18,24H,2-7,10,12-13H2,1H3,(H,22,25)/t14-,16-,18+/m1/s1. The van der Waals surface area contributed by atoms with Gasteiger partial charge in [0.15, 0.2) is 0 Å². The SMILES string of the molecule is C[C@@H]1CCCN(S(=O)(=O)c2cc(C(=O)NC[C@H]3CCCC[C@@H]3O)ccc2Cl)C1. The molecule has 2 fully saturated rings. The van der Waals surface area contributed by atoms with Gasteiger partial charge >= 0.3 is 0 Å². The lowest BCUT2D eigenvalue weighted by Crippen LogP contribution is -2.39. The zero-order valence-electron chi connectivity index (χ0n) is 16.2. The summed E-state index contributed by atoms with van der Waals surface area (Å²) in [7, 11) is -3.74. The second kappa shape index (κ2) is 9.11. The van der Waals surface area contributed by atoms with Crippen LogP contribution < -0.4 is 5.32 Å². The number of benzene rings is 1. The second-order valence-corrected chi connectivity index (χ2v) is 10.4. The number of amides is 1. The van der Waals surface area contributed by atoms with Gasteiger partial charge in [-0.25, -0.2) is 8.42 Å². The highest BCUT2D eigenvalue weighted by molar-refractivity contribution is 7.89. The van der Waals surface area contributed by atoms with Gasteiger partial charge in [0.2, 0.25) is 10.0 Å². The Balaban J connectivity index is 1.74. The summed E-state index contributed by atoms with van der Waals surface area (Å²) in [4.78, 5) is 12.5. The highest BCUT2D eigenvalue weighted by Crippen LogP contribution is 2.29. The van der Waals surface area contributed by atoms with Crippen LogP contribution in [0.5, 0.6) is 0 Å². The van der Waals surface area contributed by atoms with Crippen molar-refractivity contribution < 1.29 is 18.3 Å². The molecule has 156 valence electrons. The van der Waals surface area contributed by atoms with Crippen molar-refractivity contribution in [2.24, 2.45) is 11.8 Å². The Kier molecular flexibility index (Phi) is 7.02. The predicted octanol–water partition coefficient (Wildman–Crippen LogP) is 3.04. The van der Waals surface area contributed by atoms with Crippen molar-refractivity contribution in [1.82, 2.24) is 9.62 Å². The van der Waals surface area contributed by atoms with Crippen molar-refractivity contribution in [3.63, 3.8) is 0 Å². The van der Waals surface area contributed by atoms with Crippen LogP contribution in [-0.4, -0.2) is 49.5 Å². The summed E-state index contributed by atoms with van der Waals surface area (Å²) in [6, 6.07) is 4.36. The molecule has 1 aliphatic carbocycles. The number of carbonyl (C=O) groups excluding carboxylic acids is 1. The number of nitrogens with one attached hydrogen (secondary N) is 1. The van der Waals surface area contributed by atoms with E-state index in [2.05, 4.69) is 5.32 Å². The first-order chi connectivity index (χ1) is 13.3. The molecule has 0 aromatic heterocycles. The maximum atomic E-state index is 13.1. The van der Waals surface area contributed by atoms with Crippen LogP contribution in [0.3, 0.4) is 0 Å². The zero-order valence-corrected chi connectivity index (χ0v) is 17.8. The van der Waals surface area contributed by atoms with E-state index >= 15 is 0 Å². The Morgan fingerprint density at radius 3 is 2.71 bits per heavy atom. The molecule has 1 aliphatic heterocycles. The van der Waals surface area contributed by atoms with Gasteiger partial charge in [0, 0.05) is 31.1 Å². The molecular formula is C20H29ClN2O4S. The van der Waals surface area contributed by atoms with Crippen LogP contribution in [0.15, 0.2) is 23.1 Å². The third kappa shape index (κ3) is 4.87. The summed E-state index contributed by atoms with van der Waals surface area (Å²) >= 11 is 6.19. The summed E-state index contributed by atoms with van der Waals surface area (Å²) in [5.41, 5.74) is 0.262. The topological polar surface area (TPSA) is 86.7 Å². The highest BCUT2D eigenvalue weighted by Gasteiger charge is 2.31. The van der Waals surface area contributed by atoms with Gasteiger partial charge in [0.05, 0.1) is 11.1 Å². The number of hydrogen-bond donors (Lipinski definition) is 2. The number of halogens is 1. The number of aliphatic hydroxyl groups is 1. The van der Waals surface area contributed by atoms with E-state index in [1.807, 2.05) is 6.92 Å². The van der Waals surface area contributed by atoms with Crippen LogP contribution >= 0.6 is 11.6 Å². The monoisotopic (exact) mass is 428 g/mol. The van der Waals surface area contributed by atoms with Gasteiger partial charge in [-0.1, -0.05) is 31.4 Å². The highest BCUT2D eigenvalue weighted by atomic mass is 35.5. The summed E-state index contributed by atoms with van der Waals surface area (Å²) in [6.07, 6.45) is 5.15. The van der Waals surface area contributed by atoms with Crippen LogP contribution in [0.25, 0.3) is 0 Å². The molecule has 1 saturated carbocycles. The number of carbonyl (C=O) groups is 1. The van der Waals surface area contributed by atoms with Gasteiger partial charge in [-0.05, 0) is 49.8 Å². The van der Waals surface area contributed by atoms with Crippen LogP contribution in [-0.2, 0) is 10.0 Å². The first-order valence-electron chi connectivity index (χ1n) is 10.0. The van der Waals surface area contributed by atoms with Gasteiger partial charge in [-0.15, -0.1) is 0 Å². The molecule has 1 heterocycles. The van der Waals surface area contributed by atoms with Crippen molar-refractivity contribution in [1.29, 1.82) is 0 Å². The number of sulfonamides is 1. The van der Waals surface area contributed by atoms with Gasteiger partial charge in [-0.3, -0.25) is 4.79 Å². The predicted molar refractivity (Wildman–Crippen MR) is 109 cm³/mol. The lowest BCUT2D eigenvalue weighted by Gasteiger charge is -2.30. The van der Waals surface area contributed by atoms with E-state index in [0.717, 1.165) is 38.5 Å². The minimum Gasteiger partial charge on any atom is -0.393 e. The van der Waals surface area contributed by atoms with Gasteiger partial charge in [0.1, 0.15) is 4.90 Å². The molecule has 0 radical (unpaired) electrons. The van der Waals surface area contributed by atoms with Gasteiger partial charge < -0.3 is 10.4 Å². The lowest BCUT2D eigenvalue weighted by molar-refractivity contribution is 0.0663. The molecule has 2 N–H and O–H groups in total. The van der Waals surface area contributed by atoms with Crippen LogP contribution in [0, 0.1) is 11.8 Å². The molecule has 1 aromatic rings. The Morgan fingerprint density at radius 1 is 1.25 bits per heavy atom. The molecule has 1 amide bonds. The minimum absolute atomic E-state index is 0.0198. The van der Waals surface area contributed by atoms with E-state index in [1.54, 1.807) is 0 Å². The molecular weight excluding hydrogens is 400 g/mol. The summed E-state index contributed by atoms with van der Waals surface area (Å²) < 4.78 is 27.6. The first-order valence-corrected chi connectivity index (χ1v) is 11.9. The molecule has 0 bridgehead atoms. The van der Waals surface area contributed by atoms with Crippen molar-refractivity contribution in [3.05, 3.63) is 28.8 Å². The van der Waals surface area contributed by atoms with Crippen molar-refractivity contribution in [2.45, 2.75) is 56.4 Å². The fourth-order valence-electron chi connectivity index (χ4n) is 4.10. The van der Waals surface area contributed by atoms with Crippen molar-refractivity contribution >= 4 is 27.5 Å². The molecule has 0 spiro atoms. The normalized spacial score (nSPS) is 26.8. The van der Waals surface area contributed by atoms with E-state index in [-0.39, 0.29) is 27.3 Å². The van der Waals surface area contributed by atoms with Crippen LogP contribution in [0.4, 0.5) is 0 Å². The molecule has 28 heavy (non-hydrogen) atoms. The van der Waals surface area contributed by atoms with Crippen LogP contribution in [0.2, 0.25) is 5.02 Å². The van der Waals surface area contributed by atoms with E-state index < -0.39 is 16.1 Å². The number of piperidine rings is 1. The third-order valence-corrected chi connectivity index (χ3v) is 8.17. The third-order valence-electron chi connectivity index (χ3n) is 5.82. The molecule has 0 unspecified atom stereocenters. The number of rotatable bonds is 5. The maximum Gasteiger partial charge on any atom is 0.251 e. The fraction of sp³-hybridized carbons (Fsp3) is 0.650. The first kappa shape index (κ1) is 21.6. The fourth-order valence-corrected chi connectivity index (χ4v) is 6.20. The number of nitrogens with zero attached hydrogens (tertiary/aromatic N) is 1. The Morgan fingerprint density at radius 2 is 2.00 bits per heavy atom. The molecule has 3 rings (SSSR count).